The van der Waals surface area contributed by atoms with E-state index in [4.69, 9.17) is 5.73 Å². The number of thiophene rings is 1. The maximum Gasteiger partial charge on any atom is 0.258 e. The fourth-order valence-corrected chi connectivity index (χ4v) is 5.18. The molecule has 2 aromatic heterocycles. The highest BCUT2D eigenvalue weighted by molar-refractivity contribution is 7.21. The summed E-state index contributed by atoms with van der Waals surface area (Å²) in [5.74, 6) is 1.60. The first-order valence-corrected chi connectivity index (χ1v) is 11.2. The molecule has 2 fully saturated rings. The van der Waals surface area contributed by atoms with E-state index in [1.54, 1.807) is 6.07 Å². The van der Waals surface area contributed by atoms with E-state index >= 15 is 0 Å². The number of nitrogens with one attached hydrogen (secondary N) is 1. The molecule has 0 aromatic carbocycles. The van der Waals surface area contributed by atoms with Gasteiger partial charge in [-0.05, 0) is 25.8 Å². The van der Waals surface area contributed by atoms with E-state index < -0.39 is 5.91 Å². The van der Waals surface area contributed by atoms with Crippen molar-refractivity contribution in [3.8, 4) is 0 Å². The van der Waals surface area contributed by atoms with Crippen molar-refractivity contribution in [3.63, 3.8) is 0 Å². The van der Waals surface area contributed by atoms with Gasteiger partial charge in [-0.15, -0.1) is 11.3 Å². The zero-order chi connectivity index (χ0) is 20.4. The molecule has 29 heavy (non-hydrogen) atoms. The summed E-state index contributed by atoms with van der Waals surface area (Å²) >= 11 is 1.36. The number of nitrogens with zero attached hydrogens (tertiary/aromatic N) is 4. The van der Waals surface area contributed by atoms with Gasteiger partial charge in [-0.1, -0.05) is 12.8 Å². The molecule has 9 heteroatoms. The quantitative estimate of drug-likeness (QED) is 0.740. The van der Waals surface area contributed by atoms with E-state index in [0.717, 1.165) is 61.6 Å². The highest BCUT2D eigenvalue weighted by Gasteiger charge is 2.24. The largest absolute Gasteiger partial charge is 0.365 e. The van der Waals surface area contributed by atoms with Gasteiger partial charge in [0.05, 0.1) is 15.1 Å². The number of piperazine rings is 1. The van der Waals surface area contributed by atoms with Gasteiger partial charge in [0.25, 0.3) is 5.91 Å². The van der Waals surface area contributed by atoms with Gasteiger partial charge in [-0.2, -0.15) is 0 Å². The molecule has 1 saturated heterocycles. The van der Waals surface area contributed by atoms with Crippen LogP contribution in [-0.2, 0) is 4.79 Å². The number of carbonyl (C=O) groups excluding carboxylic acids is 2. The Morgan fingerprint density at radius 2 is 1.93 bits per heavy atom. The number of amides is 2. The molecule has 0 radical (unpaired) electrons. The standard InChI is InChI=1S/C20H28N6O2S/c1-13-23-15-12-16(18(21)27)29-17(15)19(24-13)26-10-8-25(9-11-26)7-6-22-20(28)14-4-2-3-5-14/h12,14H,2-11H2,1H3,(H2,21,27)(H,22,28). The predicted molar refractivity (Wildman–Crippen MR) is 114 cm³/mol. The third kappa shape index (κ3) is 4.51. The number of hydrogen-bond donors (Lipinski definition) is 2. The molecule has 1 aliphatic heterocycles. The van der Waals surface area contributed by atoms with Crippen LogP contribution in [0.15, 0.2) is 6.07 Å². The Balaban J connectivity index is 1.33. The molecular formula is C20H28N6O2S. The second-order valence-electron chi connectivity index (χ2n) is 7.88. The van der Waals surface area contributed by atoms with Crippen LogP contribution in [0.1, 0.15) is 41.2 Å². The minimum atomic E-state index is -0.430. The number of rotatable bonds is 6. The van der Waals surface area contributed by atoms with Crippen LogP contribution in [0, 0.1) is 12.8 Å². The van der Waals surface area contributed by atoms with E-state index in [1.165, 1.54) is 24.2 Å². The summed E-state index contributed by atoms with van der Waals surface area (Å²) in [6.45, 7) is 6.98. The van der Waals surface area contributed by atoms with Crippen LogP contribution in [0.25, 0.3) is 10.2 Å². The second-order valence-corrected chi connectivity index (χ2v) is 8.94. The van der Waals surface area contributed by atoms with E-state index in [1.807, 2.05) is 6.92 Å². The fraction of sp³-hybridized carbons (Fsp3) is 0.600. The first-order chi connectivity index (χ1) is 14.0. The highest BCUT2D eigenvalue weighted by atomic mass is 32.1. The normalized spacial score (nSPS) is 18.4. The van der Waals surface area contributed by atoms with Gasteiger partial charge in [0.15, 0.2) is 0 Å². The summed E-state index contributed by atoms with van der Waals surface area (Å²) in [5, 5.41) is 3.10. The van der Waals surface area contributed by atoms with Crippen molar-refractivity contribution in [1.82, 2.24) is 20.2 Å². The van der Waals surface area contributed by atoms with Crippen molar-refractivity contribution in [2.24, 2.45) is 11.7 Å². The van der Waals surface area contributed by atoms with Gasteiger partial charge in [-0.3, -0.25) is 14.5 Å². The number of anilines is 1. The number of hydrogen-bond acceptors (Lipinski definition) is 7. The van der Waals surface area contributed by atoms with Crippen LogP contribution in [-0.4, -0.2) is 66.0 Å². The van der Waals surface area contributed by atoms with E-state index in [9.17, 15) is 9.59 Å². The SMILES string of the molecule is Cc1nc(N2CCN(CCNC(=O)C3CCCC3)CC2)c2sc(C(N)=O)cc2n1. The van der Waals surface area contributed by atoms with E-state index in [0.29, 0.717) is 17.2 Å². The molecule has 3 N–H and O–H groups in total. The summed E-state index contributed by atoms with van der Waals surface area (Å²) in [6, 6.07) is 1.75. The molecule has 8 nitrogen and oxygen atoms in total. The molecule has 0 bridgehead atoms. The molecule has 2 aliphatic rings. The number of primary amides is 1. The fourth-order valence-electron chi connectivity index (χ4n) is 4.22. The summed E-state index contributed by atoms with van der Waals surface area (Å²) in [7, 11) is 0. The summed E-state index contributed by atoms with van der Waals surface area (Å²) in [6.07, 6.45) is 4.44. The molecule has 3 heterocycles. The molecule has 1 saturated carbocycles. The lowest BCUT2D eigenvalue weighted by Crippen LogP contribution is -2.49. The van der Waals surface area contributed by atoms with Gasteiger partial charge >= 0.3 is 0 Å². The molecule has 2 aromatic rings. The zero-order valence-electron chi connectivity index (χ0n) is 16.8. The average Bonchev–Trinajstić information content (AvgIpc) is 3.38. The van der Waals surface area contributed by atoms with E-state index in [2.05, 4.69) is 25.1 Å². The highest BCUT2D eigenvalue weighted by Crippen LogP contribution is 2.32. The summed E-state index contributed by atoms with van der Waals surface area (Å²) in [4.78, 5) is 37.9. The minimum absolute atomic E-state index is 0.225. The Hall–Kier alpha value is -2.26. The Morgan fingerprint density at radius 3 is 2.62 bits per heavy atom. The van der Waals surface area contributed by atoms with Crippen molar-refractivity contribution in [3.05, 3.63) is 16.8 Å². The van der Waals surface area contributed by atoms with Crippen LogP contribution >= 0.6 is 11.3 Å². The zero-order valence-corrected chi connectivity index (χ0v) is 17.6. The van der Waals surface area contributed by atoms with Crippen molar-refractivity contribution in [2.75, 3.05) is 44.2 Å². The summed E-state index contributed by atoms with van der Waals surface area (Å²) in [5.41, 5.74) is 6.22. The van der Waals surface area contributed by atoms with Gasteiger partial charge < -0.3 is 16.0 Å². The second kappa shape index (κ2) is 8.62. The molecule has 1 aliphatic carbocycles. The molecule has 156 valence electrons. The average molecular weight is 417 g/mol. The van der Waals surface area contributed by atoms with Gasteiger partial charge in [-0.25, -0.2) is 9.97 Å². The van der Waals surface area contributed by atoms with Crippen LogP contribution in [0.2, 0.25) is 0 Å². The van der Waals surface area contributed by atoms with Gasteiger partial charge in [0, 0.05) is 45.2 Å². The van der Waals surface area contributed by atoms with Gasteiger partial charge in [0.2, 0.25) is 5.91 Å². The van der Waals surface area contributed by atoms with Crippen LogP contribution in [0.4, 0.5) is 5.82 Å². The number of carbonyl (C=O) groups is 2. The number of aryl methyl sites for hydroxylation is 1. The van der Waals surface area contributed by atoms with Crippen molar-refractivity contribution >= 4 is 39.2 Å². The summed E-state index contributed by atoms with van der Waals surface area (Å²) < 4.78 is 0.918. The molecule has 2 amide bonds. The topological polar surface area (TPSA) is 104 Å². The Kier molecular flexibility index (Phi) is 5.96. The van der Waals surface area contributed by atoms with Crippen molar-refractivity contribution in [2.45, 2.75) is 32.6 Å². The lowest BCUT2D eigenvalue weighted by molar-refractivity contribution is -0.124. The number of nitrogens with two attached hydrogens (primary N) is 1. The molecular weight excluding hydrogens is 388 g/mol. The molecule has 0 spiro atoms. The minimum Gasteiger partial charge on any atom is -0.365 e. The molecule has 0 atom stereocenters. The lowest BCUT2D eigenvalue weighted by Gasteiger charge is -2.35. The van der Waals surface area contributed by atoms with Crippen LogP contribution < -0.4 is 16.0 Å². The third-order valence-electron chi connectivity index (χ3n) is 5.83. The Bertz CT molecular complexity index is 900. The first-order valence-electron chi connectivity index (χ1n) is 10.3. The molecule has 4 rings (SSSR count). The van der Waals surface area contributed by atoms with E-state index in [-0.39, 0.29) is 11.8 Å². The number of fused-ring (bicyclic) bond motifs is 1. The smallest absolute Gasteiger partial charge is 0.258 e. The third-order valence-corrected chi connectivity index (χ3v) is 6.97. The van der Waals surface area contributed by atoms with Crippen molar-refractivity contribution in [1.29, 1.82) is 0 Å². The van der Waals surface area contributed by atoms with Crippen molar-refractivity contribution < 1.29 is 9.59 Å². The first kappa shape index (κ1) is 20.0. The van der Waals surface area contributed by atoms with Crippen LogP contribution in [0.5, 0.6) is 0 Å². The lowest BCUT2D eigenvalue weighted by atomic mass is 10.1. The maximum atomic E-state index is 12.1. The van der Waals surface area contributed by atoms with Gasteiger partial charge in [0.1, 0.15) is 11.6 Å². The molecule has 0 unspecified atom stereocenters. The number of aromatic nitrogens is 2. The van der Waals surface area contributed by atoms with Crippen LogP contribution in [0.3, 0.4) is 0 Å². The Labute approximate surface area is 174 Å². The monoisotopic (exact) mass is 416 g/mol. The predicted octanol–water partition coefficient (Wildman–Crippen LogP) is 1.53. The maximum absolute atomic E-state index is 12.1. The Morgan fingerprint density at radius 1 is 1.21 bits per heavy atom.